The molecule has 23 heavy (non-hydrogen) atoms. The molecule has 2 aromatic heterocycles. The summed E-state index contributed by atoms with van der Waals surface area (Å²) >= 11 is 5.90. The Hall–Kier alpha value is -2.18. The summed E-state index contributed by atoms with van der Waals surface area (Å²) in [5.74, 6) is 0.983. The Morgan fingerprint density at radius 1 is 1.17 bits per heavy atom. The summed E-state index contributed by atoms with van der Waals surface area (Å²) in [5.41, 5.74) is 8.33. The lowest BCUT2D eigenvalue weighted by molar-refractivity contribution is 0.372. The topological polar surface area (TPSA) is 93.6 Å². The van der Waals surface area contributed by atoms with E-state index in [-0.39, 0.29) is 0 Å². The first kappa shape index (κ1) is 14.4. The predicted octanol–water partition coefficient (Wildman–Crippen LogP) is 3.51. The second kappa shape index (κ2) is 5.47. The van der Waals surface area contributed by atoms with Gasteiger partial charge in [0.05, 0.1) is 11.2 Å². The summed E-state index contributed by atoms with van der Waals surface area (Å²) in [5, 5.41) is 12.0. The van der Waals surface area contributed by atoms with E-state index in [0.29, 0.717) is 22.4 Å². The number of nitrogens with one attached hydrogen (secondary N) is 1. The van der Waals surface area contributed by atoms with Gasteiger partial charge in [0, 0.05) is 10.6 Å². The van der Waals surface area contributed by atoms with E-state index in [2.05, 4.69) is 20.3 Å². The van der Waals surface area contributed by atoms with Crippen molar-refractivity contribution >= 4 is 11.6 Å². The van der Waals surface area contributed by atoms with Crippen molar-refractivity contribution in [2.24, 2.45) is 5.73 Å². The first-order valence-corrected chi connectivity index (χ1v) is 7.97. The summed E-state index contributed by atoms with van der Waals surface area (Å²) < 4.78 is 5.36. The van der Waals surface area contributed by atoms with Crippen LogP contribution < -0.4 is 5.73 Å². The summed E-state index contributed by atoms with van der Waals surface area (Å²) in [6, 6.07) is 9.35. The first-order chi connectivity index (χ1) is 11.1. The van der Waals surface area contributed by atoms with Crippen LogP contribution in [0.2, 0.25) is 5.02 Å². The van der Waals surface area contributed by atoms with E-state index >= 15 is 0 Å². The minimum Gasteiger partial charge on any atom is -0.332 e. The summed E-state index contributed by atoms with van der Waals surface area (Å²) in [7, 11) is 0. The fourth-order valence-corrected chi connectivity index (χ4v) is 3.09. The van der Waals surface area contributed by atoms with E-state index in [9.17, 15) is 0 Å². The monoisotopic (exact) mass is 329 g/mol. The van der Waals surface area contributed by atoms with Gasteiger partial charge in [-0.1, -0.05) is 41.7 Å². The molecule has 0 aliphatic heterocycles. The average Bonchev–Trinajstić information content (AvgIpc) is 3.28. The molecule has 6 nitrogen and oxygen atoms in total. The van der Waals surface area contributed by atoms with Gasteiger partial charge in [0.25, 0.3) is 5.89 Å². The van der Waals surface area contributed by atoms with Gasteiger partial charge >= 0.3 is 0 Å². The van der Waals surface area contributed by atoms with Crippen molar-refractivity contribution in [2.75, 3.05) is 0 Å². The summed E-state index contributed by atoms with van der Waals surface area (Å²) in [4.78, 5) is 4.46. The zero-order chi connectivity index (χ0) is 15.9. The van der Waals surface area contributed by atoms with E-state index in [4.69, 9.17) is 21.9 Å². The number of aromatic amines is 1. The Balaban J connectivity index is 1.62. The maximum Gasteiger partial charge on any atom is 0.276 e. The van der Waals surface area contributed by atoms with Gasteiger partial charge in [0.15, 0.2) is 5.82 Å². The van der Waals surface area contributed by atoms with E-state index < -0.39 is 5.54 Å². The molecule has 7 heteroatoms. The van der Waals surface area contributed by atoms with Gasteiger partial charge in [0.2, 0.25) is 0 Å². The fraction of sp³-hybridized carbons (Fsp3) is 0.312. The Bertz CT molecular complexity index is 817. The molecule has 3 aromatic rings. The third-order valence-electron chi connectivity index (χ3n) is 4.32. The largest absolute Gasteiger partial charge is 0.332 e. The van der Waals surface area contributed by atoms with Crippen molar-refractivity contribution in [1.82, 2.24) is 20.3 Å². The zero-order valence-electron chi connectivity index (χ0n) is 12.4. The number of hydrogen-bond acceptors (Lipinski definition) is 5. The van der Waals surface area contributed by atoms with Crippen molar-refractivity contribution in [2.45, 2.75) is 31.2 Å². The number of H-pyrrole nitrogens is 1. The second-order valence-electron chi connectivity index (χ2n) is 5.96. The van der Waals surface area contributed by atoms with Crippen LogP contribution in [0.25, 0.3) is 22.8 Å². The Morgan fingerprint density at radius 3 is 2.65 bits per heavy atom. The molecule has 1 aliphatic rings. The highest BCUT2D eigenvalue weighted by atomic mass is 35.5. The lowest BCUT2D eigenvalue weighted by atomic mass is 9.99. The van der Waals surface area contributed by atoms with Crippen LogP contribution in [0.4, 0.5) is 0 Å². The van der Waals surface area contributed by atoms with Crippen molar-refractivity contribution < 1.29 is 4.52 Å². The van der Waals surface area contributed by atoms with E-state index in [1.165, 1.54) is 0 Å². The molecule has 118 valence electrons. The third kappa shape index (κ3) is 2.64. The van der Waals surface area contributed by atoms with Crippen LogP contribution in [0.1, 0.15) is 31.5 Å². The molecule has 3 N–H and O–H groups in total. The van der Waals surface area contributed by atoms with Crippen LogP contribution in [-0.2, 0) is 5.54 Å². The van der Waals surface area contributed by atoms with Gasteiger partial charge in [0.1, 0.15) is 5.69 Å². The van der Waals surface area contributed by atoms with Gasteiger partial charge < -0.3 is 10.3 Å². The van der Waals surface area contributed by atoms with Crippen LogP contribution in [0.3, 0.4) is 0 Å². The standard InChI is InChI=1S/C16H16ClN5O/c17-11-5-3-10(4-6-11)12-9-13(21-20-12)14-19-15(22-23-14)16(18)7-1-2-8-16/h3-6,9H,1-2,7-8,18H2,(H,20,21). The van der Waals surface area contributed by atoms with Gasteiger partial charge in [-0.25, -0.2) is 0 Å². The van der Waals surface area contributed by atoms with Crippen molar-refractivity contribution in [1.29, 1.82) is 0 Å². The Labute approximate surface area is 138 Å². The molecule has 1 aliphatic carbocycles. The number of nitrogens with zero attached hydrogens (tertiary/aromatic N) is 3. The summed E-state index contributed by atoms with van der Waals surface area (Å²) in [6.07, 6.45) is 3.99. The number of halogens is 1. The number of hydrogen-bond donors (Lipinski definition) is 2. The maximum atomic E-state index is 6.36. The zero-order valence-corrected chi connectivity index (χ0v) is 13.2. The molecule has 0 amide bonds. The van der Waals surface area contributed by atoms with Crippen LogP contribution in [-0.4, -0.2) is 20.3 Å². The van der Waals surface area contributed by atoms with Gasteiger partial charge in [-0.05, 0) is 31.0 Å². The second-order valence-corrected chi connectivity index (χ2v) is 6.40. The minimum absolute atomic E-state index is 0.407. The Kier molecular flexibility index (Phi) is 3.43. The number of rotatable bonds is 3. The highest BCUT2D eigenvalue weighted by Gasteiger charge is 2.36. The molecule has 0 radical (unpaired) electrons. The highest BCUT2D eigenvalue weighted by molar-refractivity contribution is 6.30. The molecule has 1 saturated carbocycles. The SMILES string of the molecule is NC1(c2noc(-c3cc(-c4ccc(Cl)cc4)n[nH]3)n2)CCCC1. The van der Waals surface area contributed by atoms with Crippen molar-refractivity contribution in [3.8, 4) is 22.8 Å². The minimum atomic E-state index is -0.458. The van der Waals surface area contributed by atoms with E-state index in [0.717, 1.165) is 36.9 Å². The van der Waals surface area contributed by atoms with E-state index in [1.54, 1.807) is 0 Å². The lowest BCUT2D eigenvalue weighted by Crippen LogP contribution is -2.34. The molecule has 0 unspecified atom stereocenters. The highest BCUT2D eigenvalue weighted by Crippen LogP contribution is 2.35. The number of benzene rings is 1. The number of aromatic nitrogens is 4. The quantitative estimate of drug-likeness (QED) is 0.767. The lowest BCUT2D eigenvalue weighted by Gasteiger charge is -2.17. The predicted molar refractivity (Wildman–Crippen MR) is 86.7 cm³/mol. The molecule has 4 rings (SSSR count). The van der Waals surface area contributed by atoms with Crippen LogP contribution in [0.15, 0.2) is 34.9 Å². The molecular weight excluding hydrogens is 314 g/mol. The van der Waals surface area contributed by atoms with Crippen LogP contribution >= 0.6 is 11.6 Å². The molecule has 0 bridgehead atoms. The molecule has 1 fully saturated rings. The maximum absolute atomic E-state index is 6.36. The molecule has 0 spiro atoms. The average molecular weight is 330 g/mol. The number of nitrogens with two attached hydrogens (primary N) is 1. The van der Waals surface area contributed by atoms with Crippen molar-refractivity contribution in [3.63, 3.8) is 0 Å². The Morgan fingerprint density at radius 2 is 1.91 bits per heavy atom. The third-order valence-corrected chi connectivity index (χ3v) is 4.57. The molecule has 1 aromatic carbocycles. The van der Waals surface area contributed by atoms with Crippen molar-refractivity contribution in [3.05, 3.63) is 41.2 Å². The van der Waals surface area contributed by atoms with Gasteiger partial charge in [-0.3, -0.25) is 5.10 Å². The summed E-state index contributed by atoms with van der Waals surface area (Å²) in [6.45, 7) is 0. The molecule has 0 atom stereocenters. The van der Waals surface area contributed by atoms with E-state index in [1.807, 2.05) is 30.3 Å². The van der Waals surface area contributed by atoms with Gasteiger partial charge in [-0.2, -0.15) is 10.1 Å². The smallest absolute Gasteiger partial charge is 0.276 e. The molecular formula is C16H16ClN5O. The molecule has 0 saturated heterocycles. The van der Waals surface area contributed by atoms with Gasteiger partial charge in [-0.15, -0.1) is 0 Å². The first-order valence-electron chi connectivity index (χ1n) is 7.59. The fourth-order valence-electron chi connectivity index (χ4n) is 2.96. The normalized spacial score (nSPS) is 16.8. The van der Waals surface area contributed by atoms with Crippen LogP contribution in [0, 0.1) is 0 Å². The van der Waals surface area contributed by atoms with Crippen LogP contribution in [0.5, 0.6) is 0 Å². The molecule has 2 heterocycles.